The van der Waals surface area contributed by atoms with Crippen molar-refractivity contribution in [3.8, 4) is 0 Å². The second-order valence-electron chi connectivity index (χ2n) is 8.26. The van der Waals surface area contributed by atoms with Gasteiger partial charge >= 0.3 is 0 Å². The van der Waals surface area contributed by atoms with E-state index in [1.54, 1.807) is 0 Å². The quantitative estimate of drug-likeness (QED) is 0.523. The summed E-state index contributed by atoms with van der Waals surface area (Å²) in [5.41, 5.74) is -0.0936. The van der Waals surface area contributed by atoms with Gasteiger partial charge in [-0.05, 0) is 32.0 Å². The van der Waals surface area contributed by atoms with Crippen LogP contribution in [0.15, 0.2) is 0 Å². The molecule has 1 heterocycles. The van der Waals surface area contributed by atoms with Crippen LogP contribution in [0.4, 0.5) is 0 Å². The average Bonchev–Trinajstić information content (AvgIpc) is 2.12. The highest BCUT2D eigenvalue weighted by atomic mass is 35.5. The highest BCUT2D eigenvalue weighted by Gasteiger charge is 2.62. The molecule has 0 aromatic rings. The maximum Gasteiger partial charge on any atom is 0.172 e. The third-order valence-corrected chi connectivity index (χ3v) is 47.1. The van der Waals surface area contributed by atoms with Gasteiger partial charge in [0.25, 0.3) is 0 Å². The first kappa shape index (κ1) is 17.0. The lowest BCUT2D eigenvalue weighted by molar-refractivity contribution is 0.0818. The summed E-state index contributed by atoms with van der Waals surface area (Å²) in [5.74, 6) is 0.481. The Hall–Kier alpha value is 0.901. The van der Waals surface area contributed by atoms with Crippen molar-refractivity contribution in [3.63, 3.8) is 0 Å². The first-order valence-electron chi connectivity index (χ1n) is 7.11. The molecule has 2 atom stereocenters. The highest BCUT2D eigenvalue weighted by Crippen LogP contribution is 2.47. The minimum atomic E-state index is -1.58. The Morgan fingerprint density at radius 2 is 1.50 bits per heavy atom. The molecule has 0 radical (unpaired) electrons. The van der Waals surface area contributed by atoms with E-state index in [0.717, 1.165) is 0 Å². The molecule has 2 unspecified atom stereocenters. The molecule has 1 fully saturated rings. The van der Waals surface area contributed by atoms with Crippen molar-refractivity contribution in [2.24, 2.45) is 5.92 Å². The summed E-state index contributed by atoms with van der Waals surface area (Å²) in [5, 5.41) is 0.140. The maximum absolute atomic E-state index is 6.74. The van der Waals surface area contributed by atoms with Crippen LogP contribution in [0.5, 0.6) is 0 Å². The van der Waals surface area contributed by atoms with Crippen LogP contribution in [0, 0.1) is 5.92 Å². The molecule has 18 heavy (non-hydrogen) atoms. The zero-order valence-electron chi connectivity index (χ0n) is 13.6. The molecule has 0 saturated carbocycles. The number of rotatable bonds is 2. The Morgan fingerprint density at radius 1 is 1.06 bits per heavy atom. The van der Waals surface area contributed by atoms with Gasteiger partial charge in [-0.1, -0.05) is 40.0 Å². The Kier molecular flexibility index (Phi) is 4.45. The predicted molar refractivity (Wildman–Crippen MR) is 91.2 cm³/mol. The zero-order valence-corrected chi connectivity index (χ0v) is 17.4. The lowest BCUT2D eigenvalue weighted by Crippen LogP contribution is -2.79. The topological polar surface area (TPSA) is 9.23 Å². The van der Waals surface area contributed by atoms with Crippen molar-refractivity contribution in [1.29, 1.82) is 0 Å². The van der Waals surface area contributed by atoms with Gasteiger partial charge in [0.2, 0.25) is 0 Å². The van der Waals surface area contributed by atoms with Crippen molar-refractivity contribution in [2.45, 2.75) is 77.1 Å². The lowest BCUT2D eigenvalue weighted by atomic mass is 9.95. The molecule has 0 aromatic heterocycles. The third kappa shape index (κ3) is 2.55. The molecule has 0 N–H and O–H groups in total. The fourth-order valence-electron chi connectivity index (χ4n) is 3.52. The molecule has 1 saturated heterocycles. The molecule has 0 bridgehead atoms. The van der Waals surface area contributed by atoms with Crippen LogP contribution >= 0.6 is 11.6 Å². The first-order chi connectivity index (χ1) is 7.77. The summed E-state index contributed by atoms with van der Waals surface area (Å²) < 4.78 is 6.74. The standard InChI is InChI=1S/C13H31ClOSi3/c1-11(2)12(14)13(3)10-16(4,5)18(8,9)17(6,7)15-13/h11-12H,10H2,1-9H3. The van der Waals surface area contributed by atoms with Crippen molar-refractivity contribution >= 4 is 34.1 Å². The summed E-state index contributed by atoms with van der Waals surface area (Å²) >= 11 is 6.72. The summed E-state index contributed by atoms with van der Waals surface area (Å²) in [7, 11) is -4.01. The van der Waals surface area contributed by atoms with E-state index < -0.39 is 22.5 Å². The molecule has 108 valence electrons. The molecule has 1 aliphatic heterocycles. The molecule has 1 aliphatic rings. The van der Waals surface area contributed by atoms with E-state index in [1.165, 1.54) is 6.04 Å². The van der Waals surface area contributed by atoms with E-state index in [9.17, 15) is 0 Å². The molecule has 0 aliphatic carbocycles. The molecule has 1 nitrogen and oxygen atoms in total. The smallest absolute Gasteiger partial charge is 0.172 e. The molecule has 0 spiro atoms. The van der Waals surface area contributed by atoms with Crippen LogP contribution in [0.3, 0.4) is 0 Å². The molecular formula is C13H31ClOSi3. The number of halogens is 1. The van der Waals surface area contributed by atoms with Crippen LogP contribution in [0.1, 0.15) is 20.8 Å². The number of alkyl halides is 1. The largest absolute Gasteiger partial charge is 0.414 e. The Morgan fingerprint density at radius 3 is 1.83 bits per heavy atom. The fraction of sp³-hybridized carbons (Fsp3) is 1.00. The SMILES string of the molecule is CC(C)C(Cl)C1(C)C[Si](C)(C)[Si](C)(C)[Si](C)(C)O1. The van der Waals surface area contributed by atoms with Crippen molar-refractivity contribution in [3.05, 3.63) is 0 Å². The maximum atomic E-state index is 6.74. The van der Waals surface area contributed by atoms with Crippen LogP contribution in [-0.2, 0) is 4.43 Å². The van der Waals surface area contributed by atoms with E-state index in [2.05, 4.69) is 60.1 Å². The highest BCUT2D eigenvalue weighted by molar-refractivity contribution is 7.67. The van der Waals surface area contributed by atoms with Gasteiger partial charge in [0.05, 0.1) is 18.1 Å². The zero-order chi connectivity index (χ0) is 14.6. The van der Waals surface area contributed by atoms with Crippen molar-refractivity contribution in [1.82, 2.24) is 0 Å². The Bertz CT molecular complexity index is 306. The van der Waals surface area contributed by atoms with Gasteiger partial charge in [-0.15, -0.1) is 11.6 Å². The van der Waals surface area contributed by atoms with E-state index in [0.29, 0.717) is 5.92 Å². The van der Waals surface area contributed by atoms with E-state index >= 15 is 0 Å². The number of hydrogen-bond acceptors (Lipinski definition) is 1. The Labute approximate surface area is 121 Å². The van der Waals surface area contributed by atoms with E-state index in [1.807, 2.05) is 0 Å². The predicted octanol–water partition coefficient (Wildman–Crippen LogP) is 4.82. The van der Waals surface area contributed by atoms with Crippen molar-refractivity contribution < 1.29 is 4.43 Å². The van der Waals surface area contributed by atoms with Gasteiger partial charge in [0, 0.05) is 7.59 Å². The van der Waals surface area contributed by atoms with E-state index in [-0.39, 0.29) is 11.0 Å². The summed E-state index contributed by atoms with van der Waals surface area (Å²) in [6, 6.07) is 1.24. The average molecular weight is 323 g/mol. The molecule has 1 rings (SSSR count). The minimum absolute atomic E-state index is 0.0936. The first-order valence-corrected chi connectivity index (χ1v) is 18.7. The summed E-state index contributed by atoms with van der Waals surface area (Å²) in [6.07, 6.45) is 0. The molecule has 0 amide bonds. The molecule has 0 aromatic carbocycles. The van der Waals surface area contributed by atoms with Crippen LogP contribution in [-0.4, -0.2) is 33.5 Å². The number of hydrogen-bond donors (Lipinski definition) is 0. The van der Waals surface area contributed by atoms with E-state index in [4.69, 9.17) is 16.0 Å². The summed E-state index contributed by atoms with van der Waals surface area (Å²) in [6.45, 7) is 21.9. The molecular weight excluding hydrogens is 292 g/mol. The van der Waals surface area contributed by atoms with Crippen LogP contribution in [0.2, 0.25) is 45.3 Å². The fourth-order valence-corrected chi connectivity index (χ4v) is 34.4. The van der Waals surface area contributed by atoms with Gasteiger partial charge in [0.15, 0.2) is 7.83 Å². The third-order valence-electron chi connectivity index (χ3n) is 5.65. The van der Waals surface area contributed by atoms with Crippen LogP contribution < -0.4 is 0 Å². The normalized spacial score (nSPS) is 35.5. The van der Waals surface area contributed by atoms with Gasteiger partial charge in [-0.2, -0.15) is 0 Å². The van der Waals surface area contributed by atoms with Crippen molar-refractivity contribution in [2.75, 3.05) is 0 Å². The minimum Gasteiger partial charge on any atom is -0.414 e. The Balaban J connectivity index is 3.18. The van der Waals surface area contributed by atoms with Gasteiger partial charge in [-0.25, -0.2) is 0 Å². The second-order valence-corrected chi connectivity index (χ2v) is 36.0. The monoisotopic (exact) mass is 322 g/mol. The summed E-state index contributed by atoms with van der Waals surface area (Å²) in [4.78, 5) is 0. The van der Waals surface area contributed by atoms with Gasteiger partial charge in [-0.3, -0.25) is 0 Å². The van der Waals surface area contributed by atoms with Gasteiger partial charge in [0.1, 0.15) is 0 Å². The lowest BCUT2D eigenvalue weighted by Gasteiger charge is -2.60. The second kappa shape index (κ2) is 4.72. The molecule has 5 heteroatoms. The van der Waals surface area contributed by atoms with Gasteiger partial charge < -0.3 is 4.43 Å². The van der Waals surface area contributed by atoms with Crippen LogP contribution in [0.25, 0.3) is 0 Å².